The van der Waals surface area contributed by atoms with Crippen LogP contribution in [0.15, 0.2) is 22.6 Å². The fourth-order valence-corrected chi connectivity index (χ4v) is 1.22. The van der Waals surface area contributed by atoms with Crippen LogP contribution >= 0.6 is 0 Å². The first kappa shape index (κ1) is 10.1. The highest BCUT2D eigenvalue weighted by molar-refractivity contribution is 5.61. The van der Waals surface area contributed by atoms with Gasteiger partial charge < -0.3 is 9.52 Å². The van der Waals surface area contributed by atoms with Crippen molar-refractivity contribution in [1.82, 2.24) is 10.2 Å². The summed E-state index contributed by atoms with van der Waals surface area (Å²) < 4.78 is 5.12. The number of aromatic nitrogens is 2. The van der Waals surface area contributed by atoms with Gasteiger partial charge in [-0.2, -0.15) is 0 Å². The molecule has 0 aliphatic heterocycles. The molecule has 1 heterocycles. The van der Waals surface area contributed by atoms with E-state index in [1.807, 2.05) is 0 Å². The first-order valence-electron chi connectivity index (χ1n) is 4.36. The summed E-state index contributed by atoms with van der Waals surface area (Å²) in [6.45, 7) is 1.62. The zero-order chi connectivity index (χ0) is 11.7. The number of hydrogen-bond donors (Lipinski definition) is 1. The molecule has 0 aliphatic rings. The minimum Gasteiger partial charge on any atom is -0.502 e. The third kappa shape index (κ3) is 1.70. The van der Waals surface area contributed by atoms with Crippen LogP contribution < -0.4 is 0 Å². The zero-order valence-electron chi connectivity index (χ0n) is 8.25. The van der Waals surface area contributed by atoms with E-state index in [9.17, 15) is 15.2 Å². The number of nitrogens with zero attached hydrogens (tertiary/aromatic N) is 3. The van der Waals surface area contributed by atoms with E-state index >= 15 is 0 Å². The molecule has 0 saturated heterocycles. The lowest BCUT2D eigenvalue weighted by Crippen LogP contribution is -1.89. The largest absolute Gasteiger partial charge is 0.502 e. The molecule has 0 atom stereocenters. The van der Waals surface area contributed by atoms with Gasteiger partial charge in [-0.1, -0.05) is 0 Å². The van der Waals surface area contributed by atoms with Gasteiger partial charge in [0.25, 0.3) is 0 Å². The molecule has 7 nitrogen and oxygen atoms in total. The monoisotopic (exact) mass is 221 g/mol. The average molecular weight is 221 g/mol. The molecule has 0 amide bonds. The Kier molecular flexibility index (Phi) is 2.28. The molecule has 0 aliphatic carbocycles. The number of aryl methyl sites for hydroxylation is 1. The topological polar surface area (TPSA) is 102 Å². The number of nitro benzene ring substituents is 1. The van der Waals surface area contributed by atoms with Gasteiger partial charge in [-0.05, 0) is 12.1 Å². The zero-order valence-corrected chi connectivity index (χ0v) is 8.25. The van der Waals surface area contributed by atoms with Gasteiger partial charge in [-0.15, -0.1) is 10.2 Å². The minimum atomic E-state index is -0.679. The first-order valence-corrected chi connectivity index (χ1v) is 4.36. The van der Waals surface area contributed by atoms with Crippen LogP contribution in [0.25, 0.3) is 11.5 Å². The lowest BCUT2D eigenvalue weighted by molar-refractivity contribution is -0.385. The maximum atomic E-state index is 10.6. The highest BCUT2D eigenvalue weighted by Gasteiger charge is 2.16. The third-order valence-electron chi connectivity index (χ3n) is 1.95. The van der Waals surface area contributed by atoms with Gasteiger partial charge in [0.1, 0.15) is 0 Å². The number of rotatable bonds is 2. The second-order valence-electron chi connectivity index (χ2n) is 3.09. The molecule has 1 aromatic heterocycles. The van der Waals surface area contributed by atoms with Crippen molar-refractivity contribution in [2.24, 2.45) is 0 Å². The standard InChI is InChI=1S/C9H7N3O4/c1-5-10-11-9(16-5)6-2-3-8(13)7(4-6)12(14)15/h2-4,13H,1H3. The smallest absolute Gasteiger partial charge is 0.311 e. The first-order chi connectivity index (χ1) is 7.58. The predicted molar refractivity (Wildman–Crippen MR) is 52.8 cm³/mol. The van der Waals surface area contributed by atoms with Crippen molar-refractivity contribution in [3.63, 3.8) is 0 Å². The van der Waals surface area contributed by atoms with E-state index in [0.717, 1.165) is 0 Å². The maximum Gasteiger partial charge on any atom is 0.311 e. The van der Waals surface area contributed by atoms with Gasteiger partial charge in [0.05, 0.1) is 4.92 Å². The van der Waals surface area contributed by atoms with Crippen LogP contribution in [0.3, 0.4) is 0 Å². The molecular formula is C9H7N3O4. The Morgan fingerprint density at radius 1 is 1.44 bits per heavy atom. The molecule has 2 rings (SSSR count). The second-order valence-corrected chi connectivity index (χ2v) is 3.09. The number of nitro groups is 1. The quantitative estimate of drug-likeness (QED) is 0.611. The summed E-state index contributed by atoms with van der Waals surface area (Å²) in [6, 6.07) is 3.87. The van der Waals surface area contributed by atoms with Crippen LogP contribution in [0.4, 0.5) is 5.69 Å². The van der Waals surface area contributed by atoms with Gasteiger partial charge in [0.15, 0.2) is 5.75 Å². The van der Waals surface area contributed by atoms with Gasteiger partial charge in [-0.25, -0.2) is 0 Å². The fraction of sp³-hybridized carbons (Fsp3) is 0.111. The van der Waals surface area contributed by atoms with Crippen molar-refractivity contribution >= 4 is 5.69 Å². The molecule has 0 saturated carbocycles. The van der Waals surface area contributed by atoms with Gasteiger partial charge in [-0.3, -0.25) is 10.1 Å². The highest BCUT2D eigenvalue weighted by atomic mass is 16.6. The molecular weight excluding hydrogens is 214 g/mol. The molecule has 0 unspecified atom stereocenters. The molecule has 1 N–H and O–H groups in total. The van der Waals surface area contributed by atoms with Gasteiger partial charge >= 0.3 is 5.69 Å². The molecule has 0 radical (unpaired) electrons. The van der Waals surface area contributed by atoms with E-state index in [2.05, 4.69) is 10.2 Å². The maximum absolute atomic E-state index is 10.6. The third-order valence-corrected chi connectivity index (χ3v) is 1.95. The van der Waals surface area contributed by atoms with Crippen molar-refractivity contribution in [3.8, 4) is 17.2 Å². The Morgan fingerprint density at radius 2 is 2.19 bits per heavy atom. The van der Waals surface area contributed by atoms with Crippen molar-refractivity contribution in [3.05, 3.63) is 34.2 Å². The summed E-state index contributed by atoms with van der Waals surface area (Å²) in [5.41, 5.74) is -0.00143. The lowest BCUT2D eigenvalue weighted by Gasteiger charge is -1.97. The Morgan fingerprint density at radius 3 is 2.75 bits per heavy atom. The molecule has 0 spiro atoms. The molecule has 0 bridgehead atoms. The predicted octanol–water partition coefficient (Wildman–Crippen LogP) is 1.66. The number of benzene rings is 1. The number of phenols is 1. The highest BCUT2D eigenvalue weighted by Crippen LogP contribution is 2.30. The Balaban J connectivity index is 2.51. The summed E-state index contributed by atoms with van der Waals surface area (Å²) in [5, 5.41) is 27.2. The Hall–Kier alpha value is -2.44. The van der Waals surface area contributed by atoms with E-state index in [1.165, 1.54) is 18.2 Å². The average Bonchev–Trinajstić information content (AvgIpc) is 2.65. The van der Waals surface area contributed by atoms with Crippen LogP contribution in [0.1, 0.15) is 5.89 Å². The molecule has 0 fully saturated rings. The van der Waals surface area contributed by atoms with Crippen LogP contribution in [0, 0.1) is 17.0 Å². The Labute approximate surface area is 89.5 Å². The second kappa shape index (κ2) is 3.61. The van der Waals surface area contributed by atoms with Crippen molar-refractivity contribution in [1.29, 1.82) is 0 Å². The van der Waals surface area contributed by atoms with E-state index in [-0.39, 0.29) is 5.89 Å². The summed E-state index contributed by atoms with van der Waals surface area (Å²) in [6.07, 6.45) is 0. The lowest BCUT2D eigenvalue weighted by atomic mass is 10.2. The molecule has 82 valence electrons. The van der Waals surface area contributed by atoms with E-state index in [0.29, 0.717) is 11.5 Å². The van der Waals surface area contributed by atoms with E-state index < -0.39 is 16.4 Å². The molecule has 7 heteroatoms. The summed E-state index contributed by atoms with van der Waals surface area (Å²) in [7, 11) is 0. The number of phenolic OH excluding ortho intramolecular Hbond substituents is 1. The van der Waals surface area contributed by atoms with E-state index in [1.54, 1.807) is 6.92 Å². The summed E-state index contributed by atoms with van der Waals surface area (Å²) in [4.78, 5) is 9.91. The molecule has 1 aromatic carbocycles. The van der Waals surface area contributed by atoms with E-state index in [4.69, 9.17) is 4.42 Å². The van der Waals surface area contributed by atoms with Crippen LogP contribution in [-0.4, -0.2) is 20.2 Å². The van der Waals surface area contributed by atoms with Gasteiger partial charge in [0, 0.05) is 18.6 Å². The number of hydrogen-bond acceptors (Lipinski definition) is 6. The normalized spacial score (nSPS) is 10.3. The minimum absolute atomic E-state index is 0.181. The summed E-state index contributed by atoms with van der Waals surface area (Å²) >= 11 is 0. The Bertz CT molecular complexity index is 549. The van der Waals surface area contributed by atoms with Crippen LogP contribution in [-0.2, 0) is 0 Å². The van der Waals surface area contributed by atoms with Crippen molar-refractivity contribution < 1.29 is 14.4 Å². The SMILES string of the molecule is Cc1nnc(-c2ccc(O)c([N+](=O)[O-])c2)o1. The van der Waals surface area contributed by atoms with Crippen molar-refractivity contribution in [2.45, 2.75) is 6.92 Å². The van der Waals surface area contributed by atoms with Crippen molar-refractivity contribution in [2.75, 3.05) is 0 Å². The number of aromatic hydroxyl groups is 1. The fourth-order valence-electron chi connectivity index (χ4n) is 1.22. The summed E-state index contributed by atoms with van der Waals surface area (Å²) in [5.74, 6) is 0.149. The van der Waals surface area contributed by atoms with Crippen LogP contribution in [0.5, 0.6) is 5.75 Å². The van der Waals surface area contributed by atoms with Crippen LogP contribution in [0.2, 0.25) is 0 Å². The molecule has 16 heavy (non-hydrogen) atoms. The molecule has 2 aromatic rings. The van der Waals surface area contributed by atoms with Gasteiger partial charge in [0.2, 0.25) is 11.8 Å².